The molecule has 0 unspecified atom stereocenters. The Morgan fingerprint density at radius 3 is 2.08 bits per heavy atom. The van der Waals surface area contributed by atoms with Gasteiger partial charge in [0, 0.05) is 90.0 Å². The number of carbonyl (C=O) groups excluding carboxylic acids is 11. The maximum atomic E-state index is 15.3. The molecule has 0 aliphatic carbocycles. The summed E-state index contributed by atoms with van der Waals surface area (Å²) in [4.78, 5) is 167. The van der Waals surface area contributed by atoms with E-state index in [0.717, 1.165) is 16.7 Å². The summed E-state index contributed by atoms with van der Waals surface area (Å²) in [5.41, 5.74) is 2.56. The lowest BCUT2D eigenvalue weighted by molar-refractivity contribution is -0.165. The number of aryl methyl sites for hydroxylation is 1. The second-order valence-corrected chi connectivity index (χ2v) is 26.6. The highest BCUT2D eigenvalue weighted by molar-refractivity contribution is 6.38. The third kappa shape index (κ3) is 20.7. The van der Waals surface area contributed by atoms with E-state index in [1.54, 1.807) is 117 Å². The first kappa shape index (κ1) is 74.7. The molecular formula is C76H92N8O15. The van der Waals surface area contributed by atoms with Gasteiger partial charge in [-0.05, 0) is 141 Å². The maximum Gasteiger partial charge on any atom is 0.330 e. The number of methoxy groups -OCH3 is 2. The number of piperidine rings is 1. The van der Waals surface area contributed by atoms with Gasteiger partial charge < -0.3 is 54.5 Å². The Bertz CT molecular complexity index is 3730. The number of benzene rings is 4. The first-order valence-corrected chi connectivity index (χ1v) is 33.9. The van der Waals surface area contributed by atoms with Crippen molar-refractivity contribution in [1.82, 2.24) is 35.2 Å². The minimum atomic E-state index is -1.52. The average Bonchev–Trinajstić information content (AvgIpc) is 1.75. The molecule has 0 spiro atoms. The number of amides is 7. The van der Waals surface area contributed by atoms with E-state index in [4.69, 9.17) is 18.9 Å². The van der Waals surface area contributed by atoms with E-state index in [2.05, 4.69) is 20.9 Å². The lowest BCUT2D eigenvalue weighted by Crippen LogP contribution is -2.58. The Kier molecular flexibility index (Phi) is 26.8. The lowest BCUT2D eigenvalue weighted by atomic mass is 9.87. The number of hydrogen-bond donors (Lipinski definition) is 3. The predicted octanol–water partition coefficient (Wildman–Crippen LogP) is 7.78. The molecule has 1 aromatic heterocycles. The molecule has 8 rings (SSSR count). The van der Waals surface area contributed by atoms with Crippen LogP contribution in [0.2, 0.25) is 0 Å². The van der Waals surface area contributed by atoms with Gasteiger partial charge in [0.15, 0.2) is 11.5 Å². The number of likely N-dealkylation sites (N-methyl/N-ethyl adjacent to an activating group) is 2. The molecule has 23 heteroatoms. The molecule has 2 saturated heterocycles. The smallest absolute Gasteiger partial charge is 0.330 e. The van der Waals surface area contributed by atoms with Crippen LogP contribution in [-0.4, -0.2) is 168 Å². The quantitative estimate of drug-likeness (QED) is 0.0706. The standard InChI is InChI=1S/C76H92N8O15/c1-49(2)41-61-72(92)81(5)38-14-13-26-67(88)98-48-76(3,4)69(89)74(94)84-39-15-12-24-60(84)75(95)99-62(33-31-52-32-34-63(96-7)64(45-52)97-8)55-22-16-23-56(46-55)78-65(86)35-36-66(87)80-68(54-20-10-9-11-21-54)70(90)79-58(71(91)83-40-18-25-59(83)73(93)82(61)6)44-51-29-27-50(28-30-51)42-57(85)43-53-19-17-37-77-47-53/h9-11,13,16-17,19-23,26-30,32,34,37,45-47,49,58-62,68H,12,14-15,18,24-25,31,33,35-36,38-44,48H2,1-8H3,(H,78,86)(H,79,90)(H,80,87)/t58-,59+,60-,61-,62+,68-/m0/s1. The number of cyclic esters (lactones) is 2. The van der Waals surface area contributed by atoms with Gasteiger partial charge in [-0.25, -0.2) is 9.59 Å². The van der Waals surface area contributed by atoms with Crippen LogP contribution < -0.4 is 25.4 Å². The Balaban J connectivity index is 1.09. The number of nitrogens with one attached hydrogen (secondary N) is 3. The zero-order valence-corrected chi connectivity index (χ0v) is 57.8. The van der Waals surface area contributed by atoms with Crippen molar-refractivity contribution in [3.05, 3.63) is 167 Å². The molecule has 3 aliphatic rings. The number of fused-ring (bicyclic) bond motifs is 4. The average molecular weight is 1360 g/mol. The highest BCUT2D eigenvalue weighted by Crippen LogP contribution is 2.33. The molecule has 0 radical (unpaired) electrons. The topological polar surface area (TPSA) is 287 Å². The maximum absolute atomic E-state index is 15.3. The molecule has 4 aromatic carbocycles. The van der Waals surface area contributed by atoms with E-state index in [1.807, 2.05) is 26.0 Å². The largest absolute Gasteiger partial charge is 0.493 e. The second kappa shape index (κ2) is 35.4. The number of ether oxygens (including phenoxy) is 4. The fraction of sp³-hybridized carbons (Fsp3) is 0.447. The predicted molar refractivity (Wildman–Crippen MR) is 368 cm³/mol. The molecule has 23 nitrogen and oxygen atoms in total. The van der Waals surface area contributed by atoms with E-state index >= 15 is 4.79 Å². The molecule has 7 amide bonds. The van der Waals surface area contributed by atoms with Crippen LogP contribution in [0.5, 0.6) is 11.5 Å². The lowest BCUT2D eigenvalue weighted by Gasteiger charge is -2.36. The zero-order valence-electron chi connectivity index (χ0n) is 57.8. The first-order valence-electron chi connectivity index (χ1n) is 33.9. The number of anilines is 1. The summed E-state index contributed by atoms with van der Waals surface area (Å²) in [6, 6.07) is 25.3. The third-order valence-electron chi connectivity index (χ3n) is 18.1. The number of esters is 2. The van der Waals surface area contributed by atoms with Gasteiger partial charge in [0.2, 0.25) is 41.2 Å². The second-order valence-electron chi connectivity index (χ2n) is 26.6. The van der Waals surface area contributed by atoms with Crippen molar-refractivity contribution in [2.75, 3.05) is 59.9 Å². The van der Waals surface area contributed by atoms with Crippen molar-refractivity contribution in [3.63, 3.8) is 0 Å². The third-order valence-corrected chi connectivity index (χ3v) is 18.1. The summed E-state index contributed by atoms with van der Waals surface area (Å²) < 4.78 is 22.9. The Morgan fingerprint density at radius 1 is 0.677 bits per heavy atom. The summed E-state index contributed by atoms with van der Waals surface area (Å²) in [5, 5.41) is 8.58. The number of hydrogen-bond acceptors (Lipinski definition) is 16. The van der Waals surface area contributed by atoms with Gasteiger partial charge in [-0.3, -0.25) is 48.1 Å². The number of aromatic nitrogens is 1. The SMILES string of the molecule is COc1ccc(CC[C@H]2OC(=O)[C@@H]3CCCCN3C(=O)C(=O)C(C)(C)COC(=O)C=CCCN(C)C(=O)[C@H](CC(C)C)N(C)C(=O)[C@H]3CCCN3C(=O)[C@H](Cc3ccc(CC(=O)Cc4cccnc4)cc3)NC(=O)[C@H](c3ccccc3)NC(=O)CCC(=O)Nc3cccc2c3)cc1OC. The van der Waals surface area contributed by atoms with Gasteiger partial charge in [0.05, 0.1) is 19.6 Å². The minimum absolute atomic E-state index is 0.0331. The Morgan fingerprint density at radius 2 is 1.36 bits per heavy atom. The van der Waals surface area contributed by atoms with E-state index in [-0.39, 0.29) is 101 Å². The van der Waals surface area contributed by atoms with Crippen LogP contribution in [0.4, 0.5) is 5.69 Å². The van der Waals surface area contributed by atoms with E-state index in [1.165, 1.54) is 66.9 Å². The molecule has 3 aliphatic heterocycles. The number of Topliss-reactive ketones (excluding diaryl/α,β-unsaturated/α-hetero) is 2. The minimum Gasteiger partial charge on any atom is -0.493 e. The monoisotopic (exact) mass is 1360 g/mol. The van der Waals surface area contributed by atoms with Crippen molar-refractivity contribution in [2.45, 2.75) is 154 Å². The number of carbonyl (C=O) groups is 11. The molecule has 6 atom stereocenters. The van der Waals surface area contributed by atoms with Crippen molar-refractivity contribution in [2.24, 2.45) is 11.3 Å². The zero-order chi connectivity index (χ0) is 71.3. The van der Waals surface area contributed by atoms with Gasteiger partial charge in [-0.1, -0.05) is 98.8 Å². The Hall–Kier alpha value is -10.1. The highest BCUT2D eigenvalue weighted by Gasteiger charge is 2.44. The Labute approximate surface area is 578 Å². The van der Waals surface area contributed by atoms with Gasteiger partial charge in [-0.2, -0.15) is 0 Å². The van der Waals surface area contributed by atoms with E-state index in [9.17, 15) is 47.9 Å². The molecule has 2 fully saturated rings. The van der Waals surface area contributed by atoms with Gasteiger partial charge in [-0.15, -0.1) is 0 Å². The van der Waals surface area contributed by atoms with Gasteiger partial charge >= 0.3 is 11.9 Å². The summed E-state index contributed by atoms with van der Waals surface area (Å²) in [6.07, 6.45) is 7.50. The first-order chi connectivity index (χ1) is 47.4. The van der Waals surface area contributed by atoms with Crippen molar-refractivity contribution in [1.29, 1.82) is 0 Å². The molecule has 526 valence electrons. The molecule has 4 heterocycles. The fourth-order valence-electron chi connectivity index (χ4n) is 12.6. The normalized spacial score (nSPS) is 21.8. The molecular weight excluding hydrogens is 1260 g/mol. The highest BCUT2D eigenvalue weighted by atomic mass is 16.5. The number of ketones is 2. The van der Waals surface area contributed by atoms with Crippen LogP contribution in [0.25, 0.3) is 0 Å². The van der Waals surface area contributed by atoms with Crippen LogP contribution in [0.15, 0.2) is 134 Å². The number of rotatable bonds is 14. The van der Waals surface area contributed by atoms with Crippen LogP contribution in [0, 0.1) is 11.3 Å². The summed E-state index contributed by atoms with van der Waals surface area (Å²) in [7, 11) is 6.16. The van der Waals surface area contributed by atoms with Crippen LogP contribution in [0.1, 0.15) is 137 Å². The number of nitrogens with zero attached hydrogens (tertiary/aromatic N) is 5. The van der Waals surface area contributed by atoms with Crippen molar-refractivity contribution in [3.8, 4) is 11.5 Å². The van der Waals surface area contributed by atoms with Crippen LogP contribution in [-0.2, 0) is 87.9 Å². The van der Waals surface area contributed by atoms with Crippen LogP contribution in [0.3, 0.4) is 0 Å². The molecule has 3 N–H and O–H groups in total. The van der Waals surface area contributed by atoms with Crippen LogP contribution >= 0.6 is 0 Å². The molecule has 0 saturated carbocycles. The summed E-state index contributed by atoms with van der Waals surface area (Å²) in [5.74, 6) is -5.92. The van der Waals surface area contributed by atoms with Gasteiger partial charge in [0.1, 0.15) is 48.7 Å². The van der Waals surface area contributed by atoms with E-state index in [0.29, 0.717) is 59.6 Å². The fourth-order valence-corrected chi connectivity index (χ4v) is 12.6. The summed E-state index contributed by atoms with van der Waals surface area (Å²) in [6.45, 7) is 6.67. The molecule has 99 heavy (non-hydrogen) atoms. The van der Waals surface area contributed by atoms with Gasteiger partial charge in [0.25, 0.3) is 5.91 Å². The summed E-state index contributed by atoms with van der Waals surface area (Å²) >= 11 is 0. The van der Waals surface area contributed by atoms with Crippen molar-refractivity contribution < 1.29 is 71.7 Å². The molecule has 2 bridgehead atoms. The van der Waals surface area contributed by atoms with E-state index < -0.39 is 101 Å². The number of pyridine rings is 1. The molecule has 5 aromatic rings. The van der Waals surface area contributed by atoms with Crippen molar-refractivity contribution >= 4 is 70.5 Å².